The Morgan fingerprint density at radius 1 is 1.18 bits per heavy atom. The molecule has 5 heteroatoms. The minimum Gasteiger partial charge on any atom is -0.494 e. The monoisotopic (exact) mass is 244 g/mol. The molecule has 1 aromatic carbocycles. The topological polar surface area (TPSA) is 47.9 Å². The van der Waals surface area contributed by atoms with Crippen molar-refractivity contribution in [2.75, 3.05) is 21.3 Å². The number of aliphatic hydroxyl groups is 1. The molecular weight excluding hydrogens is 227 g/mol. The van der Waals surface area contributed by atoms with Gasteiger partial charge in [0.05, 0.1) is 27.4 Å². The quantitative estimate of drug-likeness (QED) is 0.857. The van der Waals surface area contributed by atoms with E-state index in [9.17, 15) is 9.50 Å². The van der Waals surface area contributed by atoms with E-state index in [0.29, 0.717) is 5.75 Å². The molecule has 96 valence electrons. The summed E-state index contributed by atoms with van der Waals surface area (Å²) >= 11 is 0. The lowest BCUT2D eigenvalue weighted by Crippen LogP contribution is -2.09. The molecular formula is C12H17FO4. The number of hydrogen-bond donors (Lipinski definition) is 1. The zero-order valence-corrected chi connectivity index (χ0v) is 10.4. The fourth-order valence-corrected chi connectivity index (χ4v) is 1.65. The van der Waals surface area contributed by atoms with E-state index < -0.39 is 11.9 Å². The van der Waals surface area contributed by atoms with Crippen molar-refractivity contribution in [2.24, 2.45) is 0 Å². The first kappa shape index (κ1) is 13.6. The number of aliphatic hydroxyl groups excluding tert-OH is 1. The van der Waals surface area contributed by atoms with E-state index >= 15 is 0 Å². The molecule has 0 aliphatic carbocycles. The van der Waals surface area contributed by atoms with E-state index in [1.807, 2.05) is 0 Å². The third kappa shape index (κ3) is 2.79. The molecule has 0 spiro atoms. The van der Waals surface area contributed by atoms with Crippen molar-refractivity contribution in [2.45, 2.75) is 19.4 Å². The Kier molecular flexibility index (Phi) is 4.57. The van der Waals surface area contributed by atoms with Crippen LogP contribution < -0.4 is 14.2 Å². The third-order valence-corrected chi connectivity index (χ3v) is 2.38. The van der Waals surface area contributed by atoms with Crippen LogP contribution in [0.3, 0.4) is 0 Å². The highest BCUT2D eigenvalue weighted by Gasteiger charge is 2.21. The minimum absolute atomic E-state index is 0.0679. The van der Waals surface area contributed by atoms with Crippen molar-refractivity contribution in [3.05, 3.63) is 17.4 Å². The van der Waals surface area contributed by atoms with Gasteiger partial charge in [-0.05, 0) is 6.92 Å². The third-order valence-electron chi connectivity index (χ3n) is 2.38. The number of hydrogen-bond acceptors (Lipinski definition) is 4. The average Bonchev–Trinajstić information content (AvgIpc) is 2.30. The predicted octanol–water partition coefficient (Wildman–Crippen LogP) is 1.77. The summed E-state index contributed by atoms with van der Waals surface area (Å²) in [5.74, 6) is 0.192. The fourth-order valence-electron chi connectivity index (χ4n) is 1.65. The Morgan fingerprint density at radius 2 is 1.76 bits per heavy atom. The first-order valence-corrected chi connectivity index (χ1v) is 5.20. The normalized spacial score (nSPS) is 12.1. The Bertz CT molecular complexity index is 391. The standard InChI is InChI=1S/C12H17FO4/c1-7(14)5-8-11(13)9(15-2)6-10(16-3)12(8)17-4/h6-7,14H,5H2,1-4H3. The molecule has 0 amide bonds. The molecule has 0 heterocycles. The first-order chi connectivity index (χ1) is 8.04. The average molecular weight is 244 g/mol. The summed E-state index contributed by atoms with van der Waals surface area (Å²) in [5, 5.41) is 9.37. The largest absolute Gasteiger partial charge is 0.494 e. The number of ether oxygens (including phenoxy) is 3. The first-order valence-electron chi connectivity index (χ1n) is 5.20. The van der Waals surface area contributed by atoms with Crippen molar-refractivity contribution >= 4 is 0 Å². The highest BCUT2D eigenvalue weighted by atomic mass is 19.1. The number of methoxy groups -OCH3 is 3. The van der Waals surface area contributed by atoms with Crippen molar-refractivity contribution in [1.82, 2.24) is 0 Å². The molecule has 1 unspecified atom stereocenters. The summed E-state index contributed by atoms with van der Waals surface area (Å²) in [6.07, 6.45) is -0.557. The molecule has 1 N–H and O–H groups in total. The molecule has 0 saturated heterocycles. The van der Waals surface area contributed by atoms with Crippen LogP contribution in [0.2, 0.25) is 0 Å². The summed E-state index contributed by atoms with van der Waals surface area (Å²) in [5.41, 5.74) is 0.249. The lowest BCUT2D eigenvalue weighted by Gasteiger charge is -2.16. The molecule has 17 heavy (non-hydrogen) atoms. The molecule has 0 aliphatic rings. The van der Waals surface area contributed by atoms with E-state index in [-0.39, 0.29) is 23.5 Å². The van der Waals surface area contributed by atoms with Crippen LogP contribution in [-0.2, 0) is 6.42 Å². The summed E-state index contributed by atoms with van der Waals surface area (Å²) in [6, 6.07) is 1.42. The van der Waals surface area contributed by atoms with Crippen LogP contribution in [0, 0.1) is 5.82 Å². The van der Waals surface area contributed by atoms with Crippen molar-refractivity contribution in [3.63, 3.8) is 0 Å². The van der Waals surface area contributed by atoms with Crippen LogP contribution in [0.5, 0.6) is 17.2 Å². The van der Waals surface area contributed by atoms with Gasteiger partial charge in [-0.15, -0.1) is 0 Å². The second kappa shape index (κ2) is 5.72. The van der Waals surface area contributed by atoms with Crippen LogP contribution >= 0.6 is 0 Å². The second-order valence-electron chi connectivity index (χ2n) is 3.66. The Hall–Kier alpha value is -1.49. The zero-order valence-electron chi connectivity index (χ0n) is 10.4. The van der Waals surface area contributed by atoms with E-state index in [1.54, 1.807) is 6.92 Å². The van der Waals surface area contributed by atoms with Gasteiger partial charge in [-0.3, -0.25) is 0 Å². The van der Waals surface area contributed by atoms with E-state index in [0.717, 1.165) is 0 Å². The SMILES string of the molecule is COc1cc(OC)c(OC)c(CC(C)O)c1F. The highest BCUT2D eigenvalue weighted by molar-refractivity contribution is 5.53. The Balaban J connectivity index is 3.38. The maximum Gasteiger partial charge on any atom is 0.172 e. The molecule has 0 saturated carbocycles. The molecule has 1 rings (SSSR count). The lowest BCUT2D eigenvalue weighted by atomic mass is 10.1. The van der Waals surface area contributed by atoms with E-state index in [1.165, 1.54) is 27.4 Å². The van der Waals surface area contributed by atoms with Crippen LogP contribution in [-0.4, -0.2) is 32.5 Å². The van der Waals surface area contributed by atoms with E-state index in [2.05, 4.69) is 0 Å². The molecule has 0 aromatic heterocycles. The number of halogens is 1. The summed E-state index contributed by atoms with van der Waals surface area (Å²) in [6.45, 7) is 1.57. The fraction of sp³-hybridized carbons (Fsp3) is 0.500. The summed E-state index contributed by atoms with van der Waals surface area (Å²) in [7, 11) is 4.26. The molecule has 4 nitrogen and oxygen atoms in total. The number of benzene rings is 1. The predicted molar refractivity (Wildman–Crippen MR) is 61.4 cm³/mol. The molecule has 0 aliphatic heterocycles. The van der Waals surface area contributed by atoms with Gasteiger partial charge in [0.25, 0.3) is 0 Å². The molecule has 0 radical (unpaired) electrons. The lowest BCUT2D eigenvalue weighted by molar-refractivity contribution is 0.191. The maximum absolute atomic E-state index is 14.0. The Labute approximate surface area is 99.9 Å². The van der Waals surface area contributed by atoms with Crippen LogP contribution in [0.4, 0.5) is 4.39 Å². The van der Waals surface area contributed by atoms with Gasteiger partial charge in [-0.2, -0.15) is 0 Å². The molecule has 0 fully saturated rings. The smallest absolute Gasteiger partial charge is 0.172 e. The summed E-state index contributed by atoms with van der Waals surface area (Å²) in [4.78, 5) is 0. The van der Waals surface area contributed by atoms with Crippen LogP contribution in [0.25, 0.3) is 0 Å². The van der Waals surface area contributed by atoms with Gasteiger partial charge in [0.2, 0.25) is 0 Å². The van der Waals surface area contributed by atoms with E-state index in [4.69, 9.17) is 14.2 Å². The van der Waals surface area contributed by atoms with Gasteiger partial charge >= 0.3 is 0 Å². The van der Waals surface area contributed by atoms with Crippen LogP contribution in [0.1, 0.15) is 12.5 Å². The molecule has 1 atom stereocenters. The molecule has 0 bridgehead atoms. The number of rotatable bonds is 5. The van der Waals surface area contributed by atoms with Gasteiger partial charge in [-0.25, -0.2) is 4.39 Å². The zero-order chi connectivity index (χ0) is 13.0. The highest BCUT2D eigenvalue weighted by Crippen LogP contribution is 2.39. The van der Waals surface area contributed by atoms with Gasteiger partial charge in [-0.1, -0.05) is 0 Å². The summed E-state index contributed by atoms with van der Waals surface area (Å²) < 4.78 is 29.2. The van der Waals surface area contributed by atoms with Gasteiger partial charge in [0.15, 0.2) is 23.1 Å². The van der Waals surface area contributed by atoms with Crippen molar-refractivity contribution < 1.29 is 23.7 Å². The molecule has 1 aromatic rings. The van der Waals surface area contributed by atoms with Gasteiger partial charge < -0.3 is 19.3 Å². The van der Waals surface area contributed by atoms with Gasteiger partial charge in [0.1, 0.15) is 0 Å². The maximum atomic E-state index is 14.0. The Morgan fingerprint density at radius 3 is 2.18 bits per heavy atom. The second-order valence-corrected chi connectivity index (χ2v) is 3.66. The van der Waals surface area contributed by atoms with Crippen molar-refractivity contribution in [3.8, 4) is 17.2 Å². The van der Waals surface area contributed by atoms with Crippen LogP contribution in [0.15, 0.2) is 6.07 Å². The minimum atomic E-state index is -0.685. The van der Waals surface area contributed by atoms with Crippen molar-refractivity contribution in [1.29, 1.82) is 0 Å². The van der Waals surface area contributed by atoms with Gasteiger partial charge in [0, 0.05) is 18.1 Å².